The molecule has 0 aliphatic carbocycles. The first kappa shape index (κ1) is 17.8. The summed E-state index contributed by atoms with van der Waals surface area (Å²) in [4.78, 5) is 0. The zero-order valence-electron chi connectivity index (χ0n) is 7.99. The lowest BCUT2D eigenvalue weighted by Crippen LogP contribution is -2.04. The van der Waals surface area contributed by atoms with Gasteiger partial charge in [-0.25, -0.2) is 0 Å². The fourth-order valence-corrected chi connectivity index (χ4v) is 2.99. The largest absolute Gasteiger partial charge is 0.379 e. The predicted molar refractivity (Wildman–Crippen MR) is 81.9 cm³/mol. The third-order valence-corrected chi connectivity index (χ3v) is 4.77. The Labute approximate surface area is 134 Å². The van der Waals surface area contributed by atoms with Crippen LogP contribution in [0.25, 0.3) is 0 Å². The molecule has 1 rings (SSSR count). The van der Waals surface area contributed by atoms with Crippen molar-refractivity contribution in [2.45, 2.75) is 5.75 Å². The number of hydrogen-bond acceptors (Lipinski definition) is 2. The maximum atomic E-state index is 7.10. The van der Waals surface area contributed by atoms with Gasteiger partial charge in [0.2, 0.25) is 0 Å². The van der Waals surface area contributed by atoms with E-state index < -0.39 is 0 Å². The second-order valence-corrected chi connectivity index (χ2v) is 5.61. The van der Waals surface area contributed by atoms with Crippen molar-refractivity contribution in [2.75, 3.05) is 0 Å². The molecule has 0 aromatic heterocycles. The average molecular weight is 375 g/mol. The van der Waals surface area contributed by atoms with Crippen molar-refractivity contribution < 1.29 is 0 Å². The van der Waals surface area contributed by atoms with Crippen LogP contribution < -0.4 is 5.73 Å². The van der Waals surface area contributed by atoms with Crippen LogP contribution in [0.15, 0.2) is 0 Å². The number of thioether (sulfide) groups is 1. The van der Waals surface area contributed by atoms with Crippen molar-refractivity contribution in [2.24, 2.45) is 5.73 Å². The highest BCUT2D eigenvalue weighted by atomic mass is 35.5. The molecule has 0 radical (unpaired) electrons. The minimum absolute atomic E-state index is 0. The fraction of sp³-hybridized carbons (Fsp3) is 0.125. The van der Waals surface area contributed by atoms with Crippen LogP contribution in [-0.2, 0) is 5.75 Å². The normalized spacial score (nSPS) is 9.94. The lowest BCUT2D eigenvalue weighted by molar-refractivity contribution is 1.41. The first-order valence-corrected chi connectivity index (χ1v) is 6.71. The van der Waals surface area contributed by atoms with Gasteiger partial charge in [-0.1, -0.05) is 69.8 Å². The van der Waals surface area contributed by atoms with Gasteiger partial charge in [-0.15, -0.1) is 12.4 Å². The summed E-state index contributed by atoms with van der Waals surface area (Å²) in [6, 6.07) is 0. The number of hydrogen-bond donors (Lipinski definition) is 2. The van der Waals surface area contributed by atoms with Crippen molar-refractivity contribution in [3.8, 4) is 0 Å². The van der Waals surface area contributed by atoms with Gasteiger partial charge in [-0.2, -0.15) is 0 Å². The molecule has 0 fully saturated rings. The Bertz CT molecular complexity index is 421. The van der Waals surface area contributed by atoms with Gasteiger partial charge < -0.3 is 5.73 Å². The van der Waals surface area contributed by atoms with Gasteiger partial charge >= 0.3 is 0 Å². The molecular formula is C8H6Cl6N2S. The third kappa shape index (κ3) is 4.13. The van der Waals surface area contributed by atoms with Crippen molar-refractivity contribution in [3.05, 3.63) is 30.7 Å². The fourth-order valence-electron chi connectivity index (χ4n) is 0.927. The van der Waals surface area contributed by atoms with E-state index in [9.17, 15) is 0 Å². The summed E-state index contributed by atoms with van der Waals surface area (Å²) in [5, 5.41) is 7.93. The van der Waals surface area contributed by atoms with Crippen LogP contribution in [0.5, 0.6) is 0 Å². The summed E-state index contributed by atoms with van der Waals surface area (Å²) < 4.78 is 0. The van der Waals surface area contributed by atoms with E-state index in [1.54, 1.807) is 0 Å². The van der Waals surface area contributed by atoms with Crippen molar-refractivity contribution in [1.29, 1.82) is 5.41 Å². The predicted octanol–water partition coefficient (Wildman–Crippen LogP) is 5.50. The summed E-state index contributed by atoms with van der Waals surface area (Å²) in [5.41, 5.74) is 5.73. The zero-order chi connectivity index (χ0) is 12.5. The van der Waals surface area contributed by atoms with Crippen LogP contribution in [0.1, 0.15) is 5.56 Å². The third-order valence-electron chi connectivity index (χ3n) is 1.67. The first-order chi connectivity index (χ1) is 7.36. The molecule has 0 bridgehead atoms. The Balaban J connectivity index is 0.00000256. The number of nitrogens with one attached hydrogen (secondary N) is 1. The molecule has 2 nitrogen and oxygen atoms in total. The van der Waals surface area contributed by atoms with Crippen molar-refractivity contribution in [1.82, 2.24) is 0 Å². The first-order valence-electron chi connectivity index (χ1n) is 3.83. The van der Waals surface area contributed by atoms with Gasteiger partial charge in [0.25, 0.3) is 0 Å². The average Bonchev–Trinajstić information content (AvgIpc) is 2.23. The molecule has 0 aliphatic rings. The molecule has 0 spiro atoms. The molecule has 0 saturated carbocycles. The summed E-state index contributed by atoms with van der Waals surface area (Å²) in [6.45, 7) is 0. The maximum absolute atomic E-state index is 7.10. The molecule has 0 unspecified atom stereocenters. The molecule has 1 aromatic carbocycles. The Morgan fingerprint density at radius 2 is 1.29 bits per heavy atom. The highest BCUT2D eigenvalue weighted by Gasteiger charge is 2.19. The van der Waals surface area contributed by atoms with E-state index in [1.165, 1.54) is 0 Å². The van der Waals surface area contributed by atoms with E-state index >= 15 is 0 Å². The Kier molecular flexibility index (Phi) is 7.73. The lowest BCUT2D eigenvalue weighted by atomic mass is 10.2. The topological polar surface area (TPSA) is 49.9 Å². The van der Waals surface area contributed by atoms with E-state index in [-0.39, 0.29) is 42.7 Å². The van der Waals surface area contributed by atoms with Crippen LogP contribution in [0.3, 0.4) is 0 Å². The van der Waals surface area contributed by atoms with Gasteiger partial charge in [0.15, 0.2) is 5.17 Å². The maximum Gasteiger partial charge on any atom is 0.151 e. The highest BCUT2D eigenvalue weighted by molar-refractivity contribution is 8.13. The van der Waals surface area contributed by atoms with E-state index in [1.807, 2.05) is 0 Å². The lowest BCUT2D eigenvalue weighted by Gasteiger charge is -2.11. The van der Waals surface area contributed by atoms with Crippen molar-refractivity contribution >= 4 is 87.3 Å². The molecule has 3 N–H and O–H groups in total. The molecule has 0 amide bonds. The second kappa shape index (κ2) is 7.39. The van der Waals surface area contributed by atoms with Crippen LogP contribution in [0.2, 0.25) is 25.1 Å². The number of rotatable bonds is 2. The summed E-state index contributed by atoms with van der Waals surface area (Å²) in [5.74, 6) is 0.309. The van der Waals surface area contributed by atoms with E-state index in [4.69, 9.17) is 69.1 Å². The number of halogens is 6. The Morgan fingerprint density at radius 3 is 1.65 bits per heavy atom. The minimum Gasteiger partial charge on any atom is -0.379 e. The summed E-state index contributed by atoms with van der Waals surface area (Å²) in [6.07, 6.45) is 0. The van der Waals surface area contributed by atoms with Gasteiger partial charge in [-0.05, 0) is 0 Å². The van der Waals surface area contributed by atoms with Crippen LogP contribution >= 0.6 is 82.2 Å². The monoisotopic (exact) mass is 372 g/mol. The molecule has 0 saturated heterocycles. The molecule has 17 heavy (non-hydrogen) atoms. The highest BCUT2D eigenvalue weighted by Crippen LogP contribution is 2.44. The molecule has 9 heteroatoms. The molecule has 0 atom stereocenters. The molecule has 0 heterocycles. The Morgan fingerprint density at radius 1 is 0.941 bits per heavy atom. The SMILES string of the molecule is Cl.N=C(N)SCc1c(Cl)c(Cl)c(Cl)c(Cl)c1Cl. The van der Waals surface area contributed by atoms with Crippen molar-refractivity contribution in [3.63, 3.8) is 0 Å². The summed E-state index contributed by atoms with van der Waals surface area (Å²) in [7, 11) is 0. The van der Waals surface area contributed by atoms with Gasteiger partial charge in [0, 0.05) is 11.3 Å². The van der Waals surface area contributed by atoms with E-state index in [0.717, 1.165) is 11.8 Å². The quantitative estimate of drug-likeness (QED) is 0.310. The van der Waals surface area contributed by atoms with E-state index in [0.29, 0.717) is 11.3 Å². The van der Waals surface area contributed by atoms with E-state index in [2.05, 4.69) is 0 Å². The number of nitrogens with two attached hydrogens (primary N) is 1. The van der Waals surface area contributed by atoms with Gasteiger partial charge in [0.05, 0.1) is 25.1 Å². The van der Waals surface area contributed by atoms with Gasteiger partial charge in [0.1, 0.15) is 0 Å². The van der Waals surface area contributed by atoms with Gasteiger partial charge in [-0.3, -0.25) is 5.41 Å². The molecule has 1 aromatic rings. The molecule has 96 valence electrons. The zero-order valence-corrected chi connectivity index (χ0v) is 13.4. The number of amidine groups is 1. The molecule has 0 aliphatic heterocycles. The smallest absolute Gasteiger partial charge is 0.151 e. The number of benzene rings is 1. The minimum atomic E-state index is -0.0469. The summed E-state index contributed by atoms with van der Waals surface area (Å²) >= 11 is 30.6. The second-order valence-electron chi connectivity index (χ2n) is 2.70. The standard InChI is InChI=1S/C8H5Cl5N2S.ClH/c9-3-2(1-16-8(14)15)4(10)6(12)7(13)5(3)11;/h1H2,(H3,14,15);1H. The molecular weight excluding hydrogens is 369 g/mol. The van der Waals surface area contributed by atoms with Crippen LogP contribution in [0, 0.1) is 5.41 Å². The van der Waals surface area contributed by atoms with Crippen LogP contribution in [0.4, 0.5) is 0 Å². The Hall–Kier alpha value is 0.780. The van der Waals surface area contributed by atoms with Crippen LogP contribution in [-0.4, -0.2) is 5.17 Å².